The minimum atomic E-state index is -1.87. The number of carbonyl (C=O) groups is 2. The second-order valence-electron chi connectivity index (χ2n) is 9.41. The third-order valence-corrected chi connectivity index (χ3v) is 7.36. The van der Waals surface area contributed by atoms with Crippen LogP contribution in [0.15, 0.2) is 28.3 Å². The Morgan fingerprint density at radius 3 is 2.61 bits per heavy atom. The molecule has 0 aliphatic carbocycles. The molecular formula is C24H22F4N4O6. The smallest absolute Gasteiger partial charge is 0.274 e. The van der Waals surface area contributed by atoms with Crippen LogP contribution in [0, 0.1) is 17.5 Å². The number of rotatable bonds is 3. The van der Waals surface area contributed by atoms with Crippen LogP contribution in [0.3, 0.4) is 0 Å². The Balaban J connectivity index is 1.57. The third kappa shape index (κ3) is 3.69. The van der Waals surface area contributed by atoms with E-state index in [1.807, 2.05) is 0 Å². The van der Waals surface area contributed by atoms with Crippen LogP contribution in [0.2, 0.25) is 0 Å². The highest BCUT2D eigenvalue weighted by Crippen LogP contribution is 2.47. The maximum atomic E-state index is 15.7. The summed E-state index contributed by atoms with van der Waals surface area (Å²) in [6, 6.07) is -0.589. The molecule has 0 unspecified atom stereocenters. The molecule has 10 nitrogen and oxygen atoms in total. The van der Waals surface area contributed by atoms with Gasteiger partial charge in [-0.05, 0) is 24.9 Å². The molecule has 38 heavy (non-hydrogen) atoms. The van der Waals surface area contributed by atoms with E-state index in [4.69, 9.17) is 9.57 Å². The largest absolute Gasteiger partial charge is 0.503 e. The van der Waals surface area contributed by atoms with E-state index in [-0.39, 0.29) is 18.9 Å². The lowest BCUT2D eigenvalue weighted by molar-refractivity contribution is -0.0960. The Kier molecular flexibility index (Phi) is 6.07. The van der Waals surface area contributed by atoms with Gasteiger partial charge >= 0.3 is 0 Å². The number of fused-ring (bicyclic) bond motifs is 5. The quantitative estimate of drug-likeness (QED) is 0.578. The van der Waals surface area contributed by atoms with E-state index in [2.05, 4.69) is 10.5 Å². The highest BCUT2D eigenvalue weighted by Gasteiger charge is 2.61. The van der Waals surface area contributed by atoms with Crippen molar-refractivity contribution >= 4 is 17.7 Å². The molecule has 1 spiro atoms. The fourth-order valence-corrected chi connectivity index (χ4v) is 5.24. The van der Waals surface area contributed by atoms with Gasteiger partial charge in [0.2, 0.25) is 11.6 Å². The van der Waals surface area contributed by atoms with E-state index in [0.29, 0.717) is 18.6 Å². The average molecular weight is 538 g/mol. The number of hydrogen-bond donors (Lipinski definition) is 2. The summed E-state index contributed by atoms with van der Waals surface area (Å²) < 4.78 is 63.0. The van der Waals surface area contributed by atoms with E-state index in [1.54, 1.807) is 6.92 Å². The molecule has 14 heteroatoms. The Labute approximate surface area is 212 Å². The maximum absolute atomic E-state index is 15.7. The number of ether oxygens (including phenoxy) is 1. The second kappa shape index (κ2) is 9.03. The highest BCUT2D eigenvalue weighted by atomic mass is 19.1. The fraction of sp³-hybridized carbons (Fsp3) is 0.417. The predicted molar refractivity (Wildman–Crippen MR) is 122 cm³/mol. The molecule has 1 aromatic carbocycles. The summed E-state index contributed by atoms with van der Waals surface area (Å²) in [5, 5.41) is 16.6. The Morgan fingerprint density at radius 2 is 1.97 bits per heavy atom. The molecule has 1 aromatic heterocycles. The first kappa shape index (κ1) is 25.5. The summed E-state index contributed by atoms with van der Waals surface area (Å²) in [5.41, 5.74) is -4.70. The minimum absolute atomic E-state index is 0.0805. The summed E-state index contributed by atoms with van der Waals surface area (Å²) >= 11 is 0. The number of aromatic hydroxyl groups is 1. The Morgan fingerprint density at radius 1 is 1.29 bits per heavy atom. The summed E-state index contributed by atoms with van der Waals surface area (Å²) in [5.74, 6) is -6.89. The highest BCUT2D eigenvalue weighted by molar-refractivity contribution is 5.99. The fourth-order valence-electron chi connectivity index (χ4n) is 5.24. The molecule has 1 fully saturated rings. The van der Waals surface area contributed by atoms with Gasteiger partial charge in [0.15, 0.2) is 17.0 Å². The zero-order valence-electron chi connectivity index (χ0n) is 20.1. The zero-order valence-corrected chi connectivity index (χ0v) is 20.1. The topological polar surface area (TPSA) is 122 Å². The number of hydrogen-bond acceptors (Lipinski definition) is 7. The molecule has 2 aromatic rings. The first-order valence-electron chi connectivity index (χ1n) is 11.6. The van der Waals surface area contributed by atoms with Crippen molar-refractivity contribution in [2.75, 3.05) is 13.7 Å². The van der Waals surface area contributed by atoms with Gasteiger partial charge in [-0.1, -0.05) is 0 Å². The van der Waals surface area contributed by atoms with Gasteiger partial charge in [-0.2, -0.15) is 0 Å². The van der Waals surface area contributed by atoms with Gasteiger partial charge in [-0.15, -0.1) is 0 Å². The molecule has 2 bridgehead atoms. The average Bonchev–Trinajstić information content (AvgIpc) is 3.12. The van der Waals surface area contributed by atoms with Gasteiger partial charge < -0.3 is 29.5 Å². The lowest BCUT2D eigenvalue weighted by atomic mass is 9.84. The van der Waals surface area contributed by atoms with Crippen molar-refractivity contribution in [1.29, 1.82) is 0 Å². The first-order chi connectivity index (χ1) is 18.0. The van der Waals surface area contributed by atoms with E-state index in [1.165, 1.54) is 12.0 Å². The van der Waals surface area contributed by atoms with Crippen LogP contribution in [-0.2, 0) is 16.1 Å². The van der Waals surface area contributed by atoms with Gasteiger partial charge in [0.1, 0.15) is 23.0 Å². The van der Waals surface area contributed by atoms with Crippen molar-refractivity contribution in [2.24, 2.45) is 5.16 Å². The van der Waals surface area contributed by atoms with Crippen LogP contribution in [0.25, 0.3) is 0 Å². The van der Waals surface area contributed by atoms with Crippen molar-refractivity contribution < 1.29 is 41.8 Å². The second-order valence-corrected chi connectivity index (χ2v) is 9.41. The van der Waals surface area contributed by atoms with Crippen LogP contribution in [-0.4, -0.2) is 63.8 Å². The molecule has 3 aliphatic heterocycles. The molecule has 3 aliphatic rings. The molecule has 1 saturated heterocycles. The molecule has 4 heterocycles. The lowest BCUT2D eigenvalue weighted by Gasteiger charge is -2.42. The molecule has 0 radical (unpaired) electrons. The minimum Gasteiger partial charge on any atom is -0.503 e. The van der Waals surface area contributed by atoms with E-state index < -0.39 is 87.7 Å². The van der Waals surface area contributed by atoms with Crippen LogP contribution in [0.1, 0.15) is 52.2 Å². The number of aromatic nitrogens is 1. The molecular weight excluding hydrogens is 516 g/mol. The zero-order chi connectivity index (χ0) is 27.5. The van der Waals surface area contributed by atoms with Crippen LogP contribution in [0.4, 0.5) is 17.6 Å². The first-order valence-corrected chi connectivity index (χ1v) is 11.6. The number of amides is 2. The number of halogens is 4. The van der Waals surface area contributed by atoms with Gasteiger partial charge in [0.05, 0.1) is 13.2 Å². The van der Waals surface area contributed by atoms with Gasteiger partial charge in [0.25, 0.3) is 17.7 Å². The third-order valence-electron chi connectivity index (χ3n) is 7.36. The van der Waals surface area contributed by atoms with Gasteiger partial charge in [0, 0.05) is 43.0 Å². The standard InChI is InChI=1S/C24H22F4N4O6/c1-10-3-4-24(20(28)22(37-2)30-38-24)16-9-31(10)23(36)17-19(34)18(33)13(8-32(16)17)21(35)29-7-12-14(26)5-11(25)6-15(12)27/h5-6,8,10,16,20,34H,3-4,7,9H2,1-2H3,(H,29,35)/t10-,16+,20-,24+/m0/s1. The van der Waals surface area contributed by atoms with E-state index >= 15 is 4.39 Å². The summed E-state index contributed by atoms with van der Waals surface area (Å²) in [7, 11) is 1.22. The normalized spacial score (nSPS) is 25.9. The SMILES string of the molecule is COC1=NO[C@@]2(CC[C@H](C)N3C[C@H]2n2cc(C(=O)NCc4c(F)cc(F)cc4F)c(=O)c(O)c2C3=O)[C@H]1F. The Hall–Kier alpha value is -4.10. The van der Waals surface area contributed by atoms with E-state index in [0.717, 1.165) is 10.8 Å². The van der Waals surface area contributed by atoms with Crippen molar-refractivity contribution in [3.8, 4) is 5.75 Å². The van der Waals surface area contributed by atoms with Gasteiger partial charge in [-0.25, -0.2) is 17.6 Å². The van der Waals surface area contributed by atoms with Crippen LogP contribution in [0.5, 0.6) is 5.75 Å². The van der Waals surface area contributed by atoms with E-state index in [9.17, 15) is 32.7 Å². The molecule has 202 valence electrons. The van der Waals surface area contributed by atoms with Crippen molar-refractivity contribution in [1.82, 2.24) is 14.8 Å². The number of carbonyl (C=O) groups excluding carboxylic acids is 2. The number of alkyl halides is 1. The summed E-state index contributed by atoms with van der Waals surface area (Å²) in [6.45, 7) is 0.890. The number of oxime groups is 1. The number of nitrogens with zero attached hydrogens (tertiary/aromatic N) is 3. The molecule has 5 rings (SSSR count). The molecule has 2 N–H and O–H groups in total. The Bertz CT molecular complexity index is 1420. The number of benzene rings is 1. The maximum Gasteiger partial charge on any atom is 0.274 e. The lowest BCUT2D eigenvalue weighted by Crippen LogP contribution is -2.55. The number of nitrogens with one attached hydrogen (secondary N) is 1. The number of pyridine rings is 1. The van der Waals surface area contributed by atoms with Gasteiger partial charge in [-0.3, -0.25) is 14.4 Å². The van der Waals surface area contributed by atoms with Crippen LogP contribution >= 0.6 is 0 Å². The molecule has 2 amide bonds. The van der Waals surface area contributed by atoms with Crippen LogP contribution < -0.4 is 10.7 Å². The predicted octanol–water partition coefficient (Wildman–Crippen LogP) is 2.15. The summed E-state index contributed by atoms with van der Waals surface area (Å²) in [4.78, 5) is 46.1. The van der Waals surface area contributed by atoms with Crippen molar-refractivity contribution in [3.63, 3.8) is 0 Å². The molecule has 0 saturated carbocycles. The van der Waals surface area contributed by atoms with Crippen molar-refractivity contribution in [2.45, 2.75) is 50.2 Å². The van der Waals surface area contributed by atoms with Crippen molar-refractivity contribution in [3.05, 3.63) is 62.8 Å². The summed E-state index contributed by atoms with van der Waals surface area (Å²) in [6.07, 6.45) is -0.509. The molecule has 4 atom stereocenters. The monoisotopic (exact) mass is 538 g/mol. The number of methoxy groups -OCH3 is 1.